The van der Waals surface area contributed by atoms with Crippen molar-refractivity contribution in [3.63, 3.8) is 0 Å². The summed E-state index contributed by atoms with van der Waals surface area (Å²) in [5.74, 6) is 1.47. The highest BCUT2D eigenvalue weighted by Crippen LogP contribution is 2.35. The average Bonchev–Trinajstić information content (AvgIpc) is 2.90. The fourth-order valence-corrected chi connectivity index (χ4v) is 3.32. The molecule has 3 rings (SSSR count). The normalized spacial score (nSPS) is 25.2. The first kappa shape index (κ1) is 16.9. The van der Waals surface area contributed by atoms with E-state index in [9.17, 15) is 0 Å². The highest BCUT2D eigenvalue weighted by molar-refractivity contribution is 6.32. The molecule has 2 fully saturated rings. The van der Waals surface area contributed by atoms with Crippen molar-refractivity contribution < 1.29 is 4.74 Å². The SMILES string of the molecule is Cl.NCC1CC(Oc2cccc(CN3CCCC3)c2Cl)C1. The van der Waals surface area contributed by atoms with Gasteiger partial charge in [-0.3, -0.25) is 4.90 Å². The standard InChI is InChI=1S/C16H23ClN2O.ClH/c17-16-13(11-19-6-1-2-7-19)4-3-5-15(16)20-14-8-12(9-14)10-18;/h3-5,12,14H,1-2,6-11,18H2;1H. The molecule has 0 amide bonds. The number of likely N-dealkylation sites (tertiary alicyclic amines) is 1. The molecule has 0 spiro atoms. The van der Waals surface area contributed by atoms with E-state index < -0.39 is 0 Å². The summed E-state index contributed by atoms with van der Waals surface area (Å²) < 4.78 is 6.01. The van der Waals surface area contributed by atoms with Crippen molar-refractivity contribution in [1.82, 2.24) is 4.90 Å². The van der Waals surface area contributed by atoms with Crippen LogP contribution in [0.2, 0.25) is 5.02 Å². The quantitative estimate of drug-likeness (QED) is 0.898. The van der Waals surface area contributed by atoms with Crippen LogP contribution in [-0.2, 0) is 6.54 Å². The molecular formula is C16H24Cl2N2O. The van der Waals surface area contributed by atoms with Gasteiger partial charge in [-0.1, -0.05) is 23.7 Å². The third-order valence-corrected chi connectivity index (χ3v) is 4.88. The molecule has 1 aromatic carbocycles. The third-order valence-electron chi connectivity index (χ3n) is 4.46. The average molecular weight is 331 g/mol. The van der Waals surface area contributed by atoms with Crippen LogP contribution in [0, 0.1) is 5.92 Å². The lowest BCUT2D eigenvalue weighted by Crippen LogP contribution is -2.37. The molecule has 2 aliphatic rings. The molecule has 5 heteroatoms. The highest BCUT2D eigenvalue weighted by atomic mass is 35.5. The fraction of sp³-hybridized carbons (Fsp3) is 0.625. The number of nitrogens with zero attached hydrogens (tertiary/aromatic N) is 1. The topological polar surface area (TPSA) is 38.5 Å². The van der Waals surface area contributed by atoms with Crippen molar-refractivity contribution in [2.45, 2.75) is 38.3 Å². The van der Waals surface area contributed by atoms with E-state index in [4.69, 9.17) is 22.1 Å². The van der Waals surface area contributed by atoms with E-state index in [1.54, 1.807) is 0 Å². The number of ether oxygens (including phenoxy) is 1. The predicted octanol–water partition coefficient (Wildman–Crippen LogP) is 3.47. The Labute approximate surface area is 138 Å². The first-order valence-electron chi connectivity index (χ1n) is 7.62. The molecule has 0 bridgehead atoms. The van der Waals surface area contributed by atoms with Crippen LogP contribution in [-0.4, -0.2) is 30.6 Å². The van der Waals surface area contributed by atoms with Crippen LogP contribution in [0.25, 0.3) is 0 Å². The van der Waals surface area contributed by atoms with E-state index in [-0.39, 0.29) is 12.4 Å². The lowest BCUT2D eigenvalue weighted by molar-refractivity contribution is 0.0690. The van der Waals surface area contributed by atoms with Crippen LogP contribution in [0.1, 0.15) is 31.2 Å². The maximum absolute atomic E-state index is 6.51. The lowest BCUT2D eigenvalue weighted by atomic mass is 9.82. The fourth-order valence-electron chi connectivity index (χ4n) is 3.09. The second kappa shape index (κ2) is 7.68. The van der Waals surface area contributed by atoms with Crippen molar-refractivity contribution in [3.8, 4) is 5.75 Å². The molecule has 2 N–H and O–H groups in total. The first-order valence-corrected chi connectivity index (χ1v) is 8.00. The number of halogens is 2. The summed E-state index contributed by atoms with van der Waals surface area (Å²) in [4.78, 5) is 2.46. The van der Waals surface area contributed by atoms with E-state index in [0.717, 1.165) is 36.7 Å². The van der Waals surface area contributed by atoms with Gasteiger partial charge in [-0.25, -0.2) is 0 Å². The predicted molar refractivity (Wildman–Crippen MR) is 89.4 cm³/mol. The van der Waals surface area contributed by atoms with Gasteiger partial charge in [0.05, 0.1) is 11.1 Å². The van der Waals surface area contributed by atoms with E-state index in [0.29, 0.717) is 12.0 Å². The maximum Gasteiger partial charge on any atom is 0.138 e. The summed E-state index contributed by atoms with van der Waals surface area (Å²) in [6, 6.07) is 6.13. The summed E-state index contributed by atoms with van der Waals surface area (Å²) >= 11 is 6.51. The van der Waals surface area contributed by atoms with Gasteiger partial charge in [0, 0.05) is 6.54 Å². The zero-order valence-corrected chi connectivity index (χ0v) is 13.8. The molecular weight excluding hydrogens is 307 g/mol. The Morgan fingerprint density at radius 1 is 1.24 bits per heavy atom. The van der Waals surface area contributed by atoms with Gasteiger partial charge < -0.3 is 10.5 Å². The third kappa shape index (κ3) is 4.04. The molecule has 0 atom stereocenters. The molecule has 118 valence electrons. The monoisotopic (exact) mass is 330 g/mol. The van der Waals surface area contributed by atoms with Crippen LogP contribution in [0.5, 0.6) is 5.75 Å². The Bertz CT molecular complexity index is 458. The van der Waals surface area contributed by atoms with Gasteiger partial charge in [0.15, 0.2) is 0 Å². The number of benzene rings is 1. The van der Waals surface area contributed by atoms with Crippen molar-refractivity contribution in [2.24, 2.45) is 11.7 Å². The molecule has 1 saturated carbocycles. The molecule has 0 unspecified atom stereocenters. The van der Waals surface area contributed by atoms with Crippen LogP contribution in [0.3, 0.4) is 0 Å². The molecule has 3 nitrogen and oxygen atoms in total. The van der Waals surface area contributed by atoms with Gasteiger partial charge in [-0.2, -0.15) is 0 Å². The van der Waals surface area contributed by atoms with Crippen LogP contribution in [0.4, 0.5) is 0 Å². The van der Waals surface area contributed by atoms with Gasteiger partial charge in [0.2, 0.25) is 0 Å². The molecule has 0 radical (unpaired) electrons. The summed E-state index contributed by atoms with van der Waals surface area (Å²) in [5.41, 5.74) is 6.83. The lowest BCUT2D eigenvalue weighted by Gasteiger charge is -2.34. The Morgan fingerprint density at radius 2 is 1.95 bits per heavy atom. The summed E-state index contributed by atoms with van der Waals surface area (Å²) in [5, 5.41) is 0.788. The molecule has 1 saturated heterocycles. The van der Waals surface area contributed by atoms with Crippen molar-refractivity contribution in [3.05, 3.63) is 28.8 Å². The minimum atomic E-state index is 0. The first-order chi connectivity index (χ1) is 9.76. The van der Waals surface area contributed by atoms with Gasteiger partial charge in [0.25, 0.3) is 0 Å². The molecule has 1 heterocycles. The number of hydrogen-bond donors (Lipinski definition) is 1. The van der Waals surface area contributed by atoms with Crippen LogP contribution < -0.4 is 10.5 Å². The van der Waals surface area contributed by atoms with Gasteiger partial charge in [0.1, 0.15) is 5.75 Å². The van der Waals surface area contributed by atoms with Gasteiger partial charge in [-0.15, -0.1) is 12.4 Å². The molecule has 21 heavy (non-hydrogen) atoms. The zero-order chi connectivity index (χ0) is 13.9. The van der Waals surface area contributed by atoms with Gasteiger partial charge >= 0.3 is 0 Å². The van der Waals surface area contributed by atoms with Crippen molar-refractivity contribution in [2.75, 3.05) is 19.6 Å². The Balaban J connectivity index is 0.00000161. The molecule has 1 aromatic rings. The van der Waals surface area contributed by atoms with Crippen LogP contribution >= 0.6 is 24.0 Å². The van der Waals surface area contributed by atoms with E-state index in [1.807, 2.05) is 12.1 Å². The van der Waals surface area contributed by atoms with E-state index >= 15 is 0 Å². The summed E-state index contributed by atoms with van der Waals surface area (Å²) in [6.07, 6.45) is 5.02. The number of hydrogen-bond acceptors (Lipinski definition) is 3. The van der Waals surface area contributed by atoms with E-state index in [2.05, 4.69) is 11.0 Å². The van der Waals surface area contributed by atoms with Crippen molar-refractivity contribution >= 4 is 24.0 Å². The maximum atomic E-state index is 6.51. The number of rotatable bonds is 5. The zero-order valence-electron chi connectivity index (χ0n) is 12.3. The minimum absolute atomic E-state index is 0. The molecule has 0 aromatic heterocycles. The second-order valence-corrected chi connectivity index (χ2v) is 6.40. The Hall–Kier alpha value is -0.480. The van der Waals surface area contributed by atoms with E-state index in [1.165, 1.54) is 31.5 Å². The summed E-state index contributed by atoms with van der Waals surface area (Å²) in [7, 11) is 0. The Kier molecular flexibility index (Phi) is 6.18. The minimum Gasteiger partial charge on any atom is -0.489 e. The largest absolute Gasteiger partial charge is 0.489 e. The molecule has 1 aliphatic carbocycles. The molecule has 1 aliphatic heterocycles. The van der Waals surface area contributed by atoms with Crippen molar-refractivity contribution in [1.29, 1.82) is 0 Å². The highest BCUT2D eigenvalue weighted by Gasteiger charge is 2.30. The number of nitrogens with two attached hydrogens (primary N) is 1. The smallest absolute Gasteiger partial charge is 0.138 e. The van der Waals surface area contributed by atoms with Gasteiger partial charge in [-0.05, 0) is 62.9 Å². The Morgan fingerprint density at radius 3 is 2.62 bits per heavy atom. The van der Waals surface area contributed by atoms with Crippen LogP contribution in [0.15, 0.2) is 18.2 Å². The second-order valence-electron chi connectivity index (χ2n) is 6.03. The summed E-state index contributed by atoms with van der Waals surface area (Å²) in [6.45, 7) is 4.07.